The molecule has 0 fully saturated rings. The molecular formula is C33H37N5O3. The van der Waals surface area contributed by atoms with Crippen molar-refractivity contribution in [2.24, 2.45) is 0 Å². The van der Waals surface area contributed by atoms with Gasteiger partial charge in [0, 0.05) is 12.2 Å². The van der Waals surface area contributed by atoms with Gasteiger partial charge in [0.2, 0.25) is 0 Å². The number of fused-ring (bicyclic) bond motifs is 2. The Labute approximate surface area is 240 Å². The Morgan fingerprint density at radius 2 is 1.54 bits per heavy atom. The number of hydrogen-bond donors (Lipinski definition) is 2. The first-order chi connectivity index (χ1) is 20.0. The number of nitrogens with two attached hydrogens (primary N) is 1. The van der Waals surface area contributed by atoms with E-state index >= 15 is 0 Å². The number of nitrogens with zero attached hydrogens (tertiary/aromatic N) is 3. The summed E-state index contributed by atoms with van der Waals surface area (Å²) in [7, 11) is 0. The molecule has 5 rings (SSSR count). The van der Waals surface area contributed by atoms with Crippen molar-refractivity contribution < 1.29 is 14.3 Å². The number of hydrogen-bond acceptors (Lipinski definition) is 6. The first-order valence-electron chi connectivity index (χ1n) is 14.4. The van der Waals surface area contributed by atoms with Crippen molar-refractivity contribution in [3.05, 3.63) is 83.4 Å². The van der Waals surface area contributed by atoms with E-state index in [4.69, 9.17) is 25.2 Å². The van der Waals surface area contributed by atoms with Crippen LogP contribution >= 0.6 is 0 Å². The van der Waals surface area contributed by atoms with Crippen LogP contribution in [0.2, 0.25) is 0 Å². The Hall–Kier alpha value is -4.59. The molecule has 0 spiro atoms. The normalized spacial score (nSPS) is 11.2. The largest absolute Gasteiger partial charge is 0.490 e. The zero-order chi connectivity index (χ0) is 28.8. The quantitative estimate of drug-likeness (QED) is 0.189. The fourth-order valence-corrected chi connectivity index (χ4v) is 5.00. The summed E-state index contributed by atoms with van der Waals surface area (Å²) in [6.07, 6.45) is 3.92. The van der Waals surface area contributed by atoms with E-state index in [2.05, 4.69) is 24.4 Å². The van der Waals surface area contributed by atoms with Gasteiger partial charge in [-0.2, -0.15) is 0 Å². The molecule has 3 N–H and O–H groups in total. The van der Waals surface area contributed by atoms with Crippen LogP contribution in [0.25, 0.3) is 27.9 Å². The number of para-hydroxylation sites is 2. The third-order valence-electron chi connectivity index (χ3n) is 7.05. The predicted octanol–water partition coefficient (Wildman–Crippen LogP) is 6.27. The van der Waals surface area contributed by atoms with Crippen LogP contribution in [0.1, 0.15) is 55.1 Å². The zero-order valence-corrected chi connectivity index (χ0v) is 23.9. The third kappa shape index (κ3) is 5.96. The molecule has 2 heterocycles. The Morgan fingerprint density at radius 1 is 0.854 bits per heavy atom. The number of ether oxygens (including phenoxy) is 2. The molecule has 2 aromatic heterocycles. The van der Waals surface area contributed by atoms with Crippen molar-refractivity contribution in [3.8, 4) is 17.2 Å². The lowest BCUT2D eigenvalue weighted by Gasteiger charge is -2.13. The van der Waals surface area contributed by atoms with Gasteiger partial charge in [0.1, 0.15) is 16.9 Å². The van der Waals surface area contributed by atoms with E-state index in [1.807, 2.05) is 73.0 Å². The summed E-state index contributed by atoms with van der Waals surface area (Å²) in [4.78, 5) is 23.3. The van der Waals surface area contributed by atoms with E-state index in [9.17, 15) is 4.79 Å². The monoisotopic (exact) mass is 551 g/mol. The van der Waals surface area contributed by atoms with Gasteiger partial charge in [-0.05, 0) is 80.6 Å². The molecule has 0 unspecified atom stereocenters. The number of carbonyl (C=O) groups is 1. The summed E-state index contributed by atoms with van der Waals surface area (Å²) in [6, 6.07) is 21.8. The molecule has 3 aromatic carbocycles. The molecule has 0 radical (unpaired) electrons. The highest BCUT2D eigenvalue weighted by atomic mass is 16.5. The van der Waals surface area contributed by atoms with Gasteiger partial charge in [0.05, 0.1) is 24.2 Å². The van der Waals surface area contributed by atoms with Gasteiger partial charge in [0.15, 0.2) is 17.1 Å². The number of amides is 1. The highest BCUT2D eigenvalue weighted by Crippen LogP contribution is 2.32. The lowest BCUT2D eigenvalue weighted by Crippen LogP contribution is -2.26. The van der Waals surface area contributed by atoms with Gasteiger partial charge >= 0.3 is 0 Å². The van der Waals surface area contributed by atoms with E-state index in [0.29, 0.717) is 65.7 Å². The SMILES string of the molecule is CCCCc1ccc(-n2c(N)c(C(=O)NCCc3ccc(OCC)c(OCC)c3)c3nc4ccccc4nc32)cc1. The van der Waals surface area contributed by atoms with Crippen LogP contribution in [-0.4, -0.2) is 40.2 Å². The standard InChI is InChI=1S/C33H37N5O3/c1-4-7-10-22-13-16-24(17-14-22)38-31(34)29(30-32(38)37-26-12-9-8-11-25(26)36-30)33(39)35-20-19-23-15-18-27(40-5-2)28(21-23)41-6-3/h8-9,11-18,21H,4-7,10,19-20,34H2,1-3H3,(H,35,39). The predicted molar refractivity (Wildman–Crippen MR) is 164 cm³/mol. The number of aryl methyl sites for hydroxylation is 1. The smallest absolute Gasteiger partial charge is 0.257 e. The van der Waals surface area contributed by atoms with Gasteiger partial charge in [0.25, 0.3) is 5.91 Å². The van der Waals surface area contributed by atoms with Gasteiger partial charge in [-0.15, -0.1) is 0 Å². The molecule has 0 atom stereocenters. The summed E-state index contributed by atoms with van der Waals surface area (Å²) < 4.78 is 13.2. The second-order valence-corrected chi connectivity index (χ2v) is 9.90. The number of aromatic nitrogens is 3. The Morgan fingerprint density at radius 3 is 2.24 bits per heavy atom. The molecule has 1 amide bonds. The highest BCUT2D eigenvalue weighted by molar-refractivity contribution is 6.11. The Bertz CT molecular complexity index is 1660. The van der Waals surface area contributed by atoms with Gasteiger partial charge in [-0.1, -0.05) is 43.7 Å². The number of rotatable bonds is 12. The molecule has 8 heteroatoms. The van der Waals surface area contributed by atoms with Crippen molar-refractivity contribution in [1.29, 1.82) is 0 Å². The van der Waals surface area contributed by atoms with E-state index in [1.54, 1.807) is 0 Å². The maximum Gasteiger partial charge on any atom is 0.257 e. The van der Waals surface area contributed by atoms with Crippen LogP contribution in [0.5, 0.6) is 11.5 Å². The summed E-state index contributed by atoms with van der Waals surface area (Å²) in [5, 5.41) is 3.04. The maximum atomic E-state index is 13.6. The number of benzene rings is 3. The minimum absolute atomic E-state index is 0.286. The molecular weight excluding hydrogens is 514 g/mol. The van der Waals surface area contributed by atoms with E-state index in [0.717, 1.165) is 36.0 Å². The molecule has 5 aromatic rings. The van der Waals surface area contributed by atoms with Crippen LogP contribution in [0.15, 0.2) is 66.7 Å². The number of unbranched alkanes of at least 4 members (excludes halogenated alkanes) is 1. The van der Waals surface area contributed by atoms with Crippen molar-refractivity contribution >= 4 is 33.9 Å². The fourth-order valence-electron chi connectivity index (χ4n) is 5.00. The van der Waals surface area contributed by atoms with Crippen molar-refractivity contribution in [1.82, 2.24) is 19.9 Å². The summed E-state index contributed by atoms with van der Waals surface area (Å²) in [5.41, 5.74) is 12.7. The molecule has 0 saturated heterocycles. The van der Waals surface area contributed by atoms with Crippen molar-refractivity contribution in [2.45, 2.75) is 46.5 Å². The number of anilines is 1. The summed E-state index contributed by atoms with van der Waals surface area (Å²) >= 11 is 0. The van der Waals surface area contributed by atoms with Crippen LogP contribution in [0.4, 0.5) is 5.82 Å². The minimum Gasteiger partial charge on any atom is -0.490 e. The van der Waals surface area contributed by atoms with Crippen molar-refractivity contribution in [3.63, 3.8) is 0 Å². The van der Waals surface area contributed by atoms with Gasteiger partial charge < -0.3 is 20.5 Å². The molecule has 0 saturated carbocycles. The number of carbonyl (C=O) groups excluding carboxylic acids is 1. The Kier molecular flexibility index (Phi) is 8.67. The lowest BCUT2D eigenvalue weighted by atomic mass is 10.1. The minimum atomic E-state index is -0.286. The topological polar surface area (TPSA) is 104 Å². The van der Waals surface area contributed by atoms with Crippen LogP contribution < -0.4 is 20.5 Å². The fraction of sp³-hybridized carbons (Fsp3) is 0.303. The first kappa shape index (κ1) is 28.0. The second kappa shape index (κ2) is 12.7. The first-order valence-corrected chi connectivity index (χ1v) is 14.4. The molecule has 8 nitrogen and oxygen atoms in total. The van der Waals surface area contributed by atoms with E-state index in [-0.39, 0.29) is 5.91 Å². The average molecular weight is 552 g/mol. The zero-order valence-electron chi connectivity index (χ0n) is 23.9. The summed E-state index contributed by atoms with van der Waals surface area (Å²) in [6.45, 7) is 7.59. The molecule has 0 aliphatic rings. The maximum absolute atomic E-state index is 13.6. The third-order valence-corrected chi connectivity index (χ3v) is 7.05. The molecule has 0 aliphatic carbocycles. The summed E-state index contributed by atoms with van der Waals surface area (Å²) in [5.74, 6) is 1.44. The molecule has 41 heavy (non-hydrogen) atoms. The molecule has 212 valence electrons. The molecule has 0 bridgehead atoms. The second-order valence-electron chi connectivity index (χ2n) is 9.90. The Balaban J connectivity index is 1.45. The van der Waals surface area contributed by atoms with Crippen LogP contribution in [0.3, 0.4) is 0 Å². The van der Waals surface area contributed by atoms with Gasteiger partial charge in [-0.25, -0.2) is 9.97 Å². The number of nitrogen functional groups attached to an aromatic ring is 1. The number of nitrogens with one attached hydrogen (secondary N) is 1. The highest BCUT2D eigenvalue weighted by Gasteiger charge is 2.24. The van der Waals surface area contributed by atoms with Crippen molar-refractivity contribution in [2.75, 3.05) is 25.5 Å². The lowest BCUT2D eigenvalue weighted by molar-refractivity contribution is 0.0956. The van der Waals surface area contributed by atoms with Crippen LogP contribution in [0, 0.1) is 0 Å². The van der Waals surface area contributed by atoms with Gasteiger partial charge in [-0.3, -0.25) is 9.36 Å². The van der Waals surface area contributed by atoms with E-state index in [1.165, 1.54) is 5.56 Å². The average Bonchev–Trinajstić information content (AvgIpc) is 3.27. The van der Waals surface area contributed by atoms with Crippen LogP contribution in [-0.2, 0) is 12.8 Å². The molecule has 0 aliphatic heterocycles. The van der Waals surface area contributed by atoms with E-state index < -0.39 is 0 Å².